The molecule has 1 aliphatic rings. The Bertz CT molecular complexity index is 938. The molecule has 2 unspecified atom stereocenters. The third-order valence-electron chi connectivity index (χ3n) is 5.60. The monoisotopic (exact) mass is 423 g/mol. The summed E-state index contributed by atoms with van der Waals surface area (Å²) in [6.07, 6.45) is 0. The van der Waals surface area contributed by atoms with Crippen LogP contribution in [0.2, 0.25) is 0 Å². The predicted molar refractivity (Wildman–Crippen MR) is 121 cm³/mol. The van der Waals surface area contributed by atoms with Crippen LogP contribution in [0.15, 0.2) is 72.1 Å². The van der Waals surface area contributed by atoms with Crippen molar-refractivity contribution in [2.75, 3.05) is 31.1 Å². The van der Waals surface area contributed by atoms with E-state index in [4.69, 9.17) is 0 Å². The second-order valence-corrected chi connectivity index (χ2v) is 8.57. The third kappa shape index (κ3) is 4.71. The molecule has 0 radical (unpaired) electrons. The molecule has 2 heterocycles. The molecule has 4 nitrogen and oxygen atoms in total. The molecule has 1 saturated heterocycles. The second kappa shape index (κ2) is 9.41. The first-order valence-corrected chi connectivity index (χ1v) is 11.1. The maximum absolute atomic E-state index is 13.2. The SMILES string of the molecule is CC(NC(=O)c1ccccc1)C(c1cccs1)N1CCN(c2ccc(F)cc2)CC1. The van der Waals surface area contributed by atoms with Crippen molar-refractivity contribution in [3.05, 3.63) is 88.4 Å². The van der Waals surface area contributed by atoms with E-state index in [0.29, 0.717) is 5.56 Å². The van der Waals surface area contributed by atoms with Gasteiger partial charge in [-0.15, -0.1) is 11.3 Å². The van der Waals surface area contributed by atoms with Gasteiger partial charge in [0.25, 0.3) is 5.91 Å². The molecule has 6 heteroatoms. The van der Waals surface area contributed by atoms with Crippen molar-refractivity contribution in [2.24, 2.45) is 0 Å². The lowest BCUT2D eigenvalue weighted by molar-refractivity contribution is 0.0890. The second-order valence-electron chi connectivity index (χ2n) is 7.59. The molecule has 2 atom stereocenters. The standard InChI is InChI=1S/C24H26FN3OS/c1-18(26-24(29)19-6-3-2-4-7-19)23(22-8-5-17-30-22)28-15-13-27(14-16-28)21-11-9-20(25)10-12-21/h2-12,17-18,23H,13-16H2,1H3,(H,26,29). The summed E-state index contributed by atoms with van der Waals surface area (Å²) >= 11 is 1.73. The molecule has 1 N–H and O–H groups in total. The van der Waals surface area contributed by atoms with Gasteiger partial charge >= 0.3 is 0 Å². The van der Waals surface area contributed by atoms with Crippen molar-refractivity contribution in [3.63, 3.8) is 0 Å². The summed E-state index contributed by atoms with van der Waals surface area (Å²) in [5, 5.41) is 5.29. The number of nitrogens with zero attached hydrogens (tertiary/aromatic N) is 2. The van der Waals surface area contributed by atoms with E-state index >= 15 is 0 Å². The van der Waals surface area contributed by atoms with Gasteiger partial charge in [-0.1, -0.05) is 24.3 Å². The van der Waals surface area contributed by atoms with Crippen LogP contribution in [0.4, 0.5) is 10.1 Å². The first-order valence-electron chi connectivity index (χ1n) is 10.3. The number of anilines is 1. The quantitative estimate of drug-likeness (QED) is 0.631. The Morgan fingerprint density at radius 2 is 1.67 bits per heavy atom. The number of thiophene rings is 1. The van der Waals surface area contributed by atoms with Gasteiger partial charge in [0.1, 0.15) is 5.82 Å². The van der Waals surface area contributed by atoms with Gasteiger partial charge in [-0.3, -0.25) is 9.69 Å². The van der Waals surface area contributed by atoms with Crippen molar-refractivity contribution in [3.8, 4) is 0 Å². The van der Waals surface area contributed by atoms with Gasteiger partial charge in [-0.05, 0) is 54.8 Å². The molecule has 156 valence electrons. The fourth-order valence-corrected chi connectivity index (χ4v) is 5.03. The molecule has 0 bridgehead atoms. The van der Waals surface area contributed by atoms with E-state index in [-0.39, 0.29) is 23.8 Å². The van der Waals surface area contributed by atoms with Gasteiger partial charge in [0.15, 0.2) is 0 Å². The van der Waals surface area contributed by atoms with Crippen LogP contribution >= 0.6 is 11.3 Å². The van der Waals surface area contributed by atoms with E-state index in [9.17, 15) is 9.18 Å². The van der Waals surface area contributed by atoms with E-state index < -0.39 is 0 Å². The maximum Gasteiger partial charge on any atom is 0.251 e. The van der Waals surface area contributed by atoms with Crippen molar-refractivity contribution in [2.45, 2.75) is 19.0 Å². The number of hydrogen-bond acceptors (Lipinski definition) is 4. The zero-order valence-electron chi connectivity index (χ0n) is 17.0. The third-order valence-corrected chi connectivity index (χ3v) is 6.55. The highest BCUT2D eigenvalue weighted by Gasteiger charge is 2.31. The van der Waals surface area contributed by atoms with Crippen LogP contribution in [0, 0.1) is 5.82 Å². The van der Waals surface area contributed by atoms with Crippen LogP contribution in [0.5, 0.6) is 0 Å². The highest BCUT2D eigenvalue weighted by atomic mass is 32.1. The van der Waals surface area contributed by atoms with Crippen LogP contribution in [-0.4, -0.2) is 43.0 Å². The topological polar surface area (TPSA) is 35.6 Å². The molecular weight excluding hydrogens is 397 g/mol. The number of piperazine rings is 1. The Balaban J connectivity index is 1.45. The highest BCUT2D eigenvalue weighted by molar-refractivity contribution is 7.10. The number of benzene rings is 2. The van der Waals surface area contributed by atoms with Crippen LogP contribution in [0.1, 0.15) is 28.2 Å². The number of amides is 1. The summed E-state index contributed by atoms with van der Waals surface area (Å²) in [5.41, 5.74) is 1.73. The highest BCUT2D eigenvalue weighted by Crippen LogP contribution is 2.30. The first-order chi connectivity index (χ1) is 14.6. The van der Waals surface area contributed by atoms with Crippen LogP contribution in [-0.2, 0) is 0 Å². The summed E-state index contributed by atoms with van der Waals surface area (Å²) in [4.78, 5) is 18.7. The number of carbonyl (C=O) groups is 1. The molecule has 2 aromatic carbocycles. The number of rotatable bonds is 6. The maximum atomic E-state index is 13.2. The van der Waals surface area contributed by atoms with E-state index in [0.717, 1.165) is 31.9 Å². The van der Waals surface area contributed by atoms with Crippen LogP contribution in [0.25, 0.3) is 0 Å². The van der Waals surface area contributed by atoms with Gasteiger partial charge < -0.3 is 10.2 Å². The summed E-state index contributed by atoms with van der Waals surface area (Å²) in [6.45, 7) is 5.58. The minimum Gasteiger partial charge on any atom is -0.369 e. The Morgan fingerprint density at radius 1 is 0.967 bits per heavy atom. The molecule has 1 amide bonds. The lowest BCUT2D eigenvalue weighted by atomic mass is 10.0. The largest absolute Gasteiger partial charge is 0.369 e. The summed E-state index contributed by atoms with van der Waals surface area (Å²) in [5.74, 6) is -0.257. The van der Waals surface area contributed by atoms with Crippen LogP contribution < -0.4 is 10.2 Å². The van der Waals surface area contributed by atoms with Crippen molar-refractivity contribution < 1.29 is 9.18 Å². The van der Waals surface area contributed by atoms with Crippen molar-refractivity contribution >= 4 is 22.9 Å². The molecule has 0 spiro atoms. The summed E-state index contributed by atoms with van der Waals surface area (Å²) in [6, 6.07) is 20.3. The van der Waals surface area contributed by atoms with Gasteiger partial charge in [0.2, 0.25) is 0 Å². The van der Waals surface area contributed by atoms with Gasteiger partial charge in [0, 0.05) is 48.3 Å². The lowest BCUT2D eigenvalue weighted by Gasteiger charge is -2.42. The molecular formula is C24H26FN3OS. The molecule has 0 aliphatic carbocycles. The summed E-state index contributed by atoms with van der Waals surface area (Å²) < 4.78 is 13.2. The fraction of sp³-hybridized carbons (Fsp3) is 0.292. The normalized spacial score (nSPS) is 16.8. The van der Waals surface area contributed by atoms with Gasteiger partial charge in [0.05, 0.1) is 6.04 Å². The van der Waals surface area contributed by atoms with Crippen molar-refractivity contribution in [1.82, 2.24) is 10.2 Å². The Hall–Kier alpha value is -2.70. The first kappa shape index (κ1) is 20.6. The molecule has 3 aromatic rings. The number of hydrogen-bond donors (Lipinski definition) is 1. The molecule has 1 aliphatic heterocycles. The number of nitrogens with one attached hydrogen (secondary N) is 1. The van der Waals surface area contributed by atoms with E-state index in [1.807, 2.05) is 42.5 Å². The van der Waals surface area contributed by atoms with E-state index in [2.05, 4.69) is 39.6 Å². The average Bonchev–Trinajstić information content (AvgIpc) is 3.30. The van der Waals surface area contributed by atoms with Crippen molar-refractivity contribution in [1.29, 1.82) is 0 Å². The Labute approximate surface area is 180 Å². The minimum atomic E-state index is -0.210. The summed E-state index contributed by atoms with van der Waals surface area (Å²) in [7, 11) is 0. The smallest absolute Gasteiger partial charge is 0.251 e. The number of halogens is 1. The molecule has 4 rings (SSSR count). The van der Waals surface area contributed by atoms with E-state index in [1.165, 1.54) is 17.0 Å². The lowest BCUT2D eigenvalue weighted by Crippen LogP contribution is -2.52. The molecule has 0 saturated carbocycles. The Morgan fingerprint density at radius 3 is 2.30 bits per heavy atom. The van der Waals surface area contributed by atoms with Gasteiger partial charge in [-0.25, -0.2) is 4.39 Å². The van der Waals surface area contributed by atoms with Crippen LogP contribution in [0.3, 0.4) is 0 Å². The van der Waals surface area contributed by atoms with E-state index in [1.54, 1.807) is 11.3 Å². The molecule has 1 aromatic heterocycles. The fourth-order valence-electron chi connectivity index (χ4n) is 4.07. The molecule has 30 heavy (non-hydrogen) atoms. The zero-order chi connectivity index (χ0) is 20.9. The Kier molecular flexibility index (Phi) is 6.45. The minimum absolute atomic E-state index is 0.0336. The van der Waals surface area contributed by atoms with Gasteiger partial charge in [-0.2, -0.15) is 0 Å². The predicted octanol–water partition coefficient (Wildman–Crippen LogP) is 4.57. The zero-order valence-corrected chi connectivity index (χ0v) is 17.8. The average molecular weight is 424 g/mol. The molecule has 1 fully saturated rings. The number of carbonyl (C=O) groups excluding carboxylic acids is 1.